The molecule has 1 saturated carbocycles. The molecule has 2 rings (SSSR count). The third-order valence-electron chi connectivity index (χ3n) is 3.23. The van der Waals surface area contributed by atoms with E-state index >= 15 is 0 Å². The van der Waals surface area contributed by atoms with Crippen molar-refractivity contribution in [3.63, 3.8) is 0 Å². The van der Waals surface area contributed by atoms with Gasteiger partial charge in [0.15, 0.2) is 0 Å². The summed E-state index contributed by atoms with van der Waals surface area (Å²) in [5.41, 5.74) is 1.11. The molecule has 0 unspecified atom stereocenters. The van der Waals surface area contributed by atoms with Gasteiger partial charge in [0.2, 0.25) is 0 Å². The first-order valence-electron chi connectivity index (χ1n) is 5.94. The van der Waals surface area contributed by atoms with E-state index in [9.17, 15) is 0 Å². The molecule has 0 aromatic heterocycles. The first-order valence-corrected chi connectivity index (χ1v) is 7.12. The van der Waals surface area contributed by atoms with Crippen LogP contribution in [0.25, 0.3) is 0 Å². The van der Waals surface area contributed by atoms with Crippen LogP contribution in [-0.4, -0.2) is 6.54 Å². The number of anilines is 1. The predicted molar refractivity (Wildman–Crippen MR) is 74.2 cm³/mol. The fourth-order valence-corrected chi connectivity index (χ4v) is 2.84. The molecule has 1 N–H and O–H groups in total. The van der Waals surface area contributed by atoms with Gasteiger partial charge in [0.25, 0.3) is 0 Å². The van der Waals surface area contributed by atoms with Crippen molar-refractivity contribution in [2.45, 2.75) is 32.1 Å². The summed E-state index contributed by atoms with van der Waals surface area (Å²) in [6, 6.07) is 5.87. The monoisotopic (exact) mass is 301 g/mol. The highest BCUT2D eigenvalue weighted by Gasteiger charge is 2.13. The number of rotatable bonds is 3. The third kappa shape index (κ3) is 3.39. The zero-order chi connectivity index (χ0) is 11.4. The topological polar surface area (TPSA) is 12.0 Å². The number of halogens is 2. The summed E-state index contributed by atoms with van der Waals surface area (Å²) in [5, 5.41) is 4.28. The molecule has 0 bridgehead atoms. The maximum absolute atomic E-state index is 5.98. The minimum atomic E-state index is 0.786. The van der Waals surface area contributed by atoms with Crippen LogP contribution < -0.4 is 5.32 Å². The third-order valence-corrected chi connectivity index (χ3v) is 4.16. The van der Waals surface area contributed by atoms with E-state index in [4.69, 9.17) is 11.6 Å². The van der Waals surface area contributed by atoms with Crippen molar-refractivity contribution in [1.29, 1.82) is 0 Å². The Morgan fingerprint density at radius 1 is 1.25 bits per heavy atom. The molecule has 0 aliphatic heterocycles. The van der Waals surface area contributed by atoms with Crippen LogP contribution in [0.4, 0.5) is 5.69 Å². The molecule has 88 valence electrons. The first-order chi connectivity index (χ1) is 7.75. The lowest BCUT2D eigenvalue weighted by molar-refractivity contribution is 0.373. The Bertz CT molecular complexity index is 348. The Balaban J connectivity index is 1.90. The molecule has 1 aliphatic carbocycles. The van der Waals surface area contributed by atoms with Gasteiger partial charge in [-0.1, -0.05) is 30.9 Å². The van der Waals surface area contributed by atoms with Gasteiger partial charge in [-0.05, 0) is 52.9 Å². The molecule has 0 saturated heterocycles. The molecule has 0 heterocycles. The van der Waals surface area contributed by atoms with E-state index in [1.807, 2.05) is 18.2 Å². The maximum atomic E-state index is 5.98. The molecule has 0 spiro atoms. The minimum absolute atomic E-state index is 0.786. The van der Waals surface area contributed by atoms with Gasteiger partial charge < -0.3 is 5.32 Å². The summed E-state index contributed by atoms with van der Waals surface area (Å²) in [6.07, 6.45) is 6.93. The lowest BCUT2D eigenvalue weighted by Gasteiger charge is -2.22. The summed E-state index contributed by atoms with van der Waals surface area (Å²) >= 11 is 9.51. The van der Waals surface area contributed by atoms with Crippen molar-refractivity contribution >= 4 is 33.2 Å². The summed E-state index contributed by atoms with van der Waals surface area (Å²) in [5.74, 6) is 0.833. The fraction of sp³-hybridized carbons (Fsp3) is 0.538. The predicted octanol–water partition coefficient (Wildman–Crippen LogP) is 5.09. The number of hydrogen-bond donors (Lipinski definition) is 1. The second-order valence-electron chi connectivity index (χ2n) is 4.51. The van der Waals surface area contributed by atoms with E-state index in [-0.39, 0.29) is 0 Å². The quantitative estimate of drug-likeness (QED) is 0.819. The SMILES string of the molecule is Clc1ccc(Br)c(NCC2CCCCC2)c1. The zero-order valence-corrected chi connectivity index (χ0v) is 11.6. The average Bonchev–Trinajstić information content (AvgIpc) is 2.32. The molecule has 1 aliphatic rings. The minimum Gasteiger partial charge on any atom is -0.384 e. The maximum Gasteiger partial charge on any atom is 0.0499 e. The number of hydrogen-bond acceptors (Lipinski definition) is 1. The highest BCUT2D eigenvalue weighted by Crippen LogP contribution is 2.28. The molecule has 1 aromatic carbocycles. The molecule has 1 fully saturated rings. The Kier molecular flexibility index (Phi) is 4.54. The summed E-state index contributed by atoms with van der Waals surface area (Å²) in [6.45, 7) is 1.07. The Labute approximate surface area is 111 Å². The van der Waals surface area contributed by atoms with Crippen molar-refractivity contribution < 1.29 is 0 Å². The molecule has 1 aromatic rings. The van der Waals surface area contributed by atoms with Crippen LogP contribution in [0.1, 0.15) is 32.1 Å². The molecular weight excluding hydrogens is 286 g/mol. The normalized spacial score (nSPS) is 17.4. The van der Waals surface area contributed by atoms with Crippen LogP contribution in [0.5, 0.6) is 0 Å². The van der Waals surface area contributed by atoms with Gasteiger partial charge in [0.05, 0.1) is 0 Å². The number of benzene rings is 1. The lowest BCUT2D eigenvalue weighted by Crippen LogP contribution is -2.17. The van der Waals surface area contributed by atoms with Gasteiger partial charge in [-0.15, -0.1) is 0 Å². The zero-order valence-electron chi connectivity index (χ0n) is 9.31. The van der Waals surface area contributed by atoms with E-state index in [2.05, 4.69) is 21.2 Å². The lowest BCUT2D eigenvalue weighted by atomic mass is 9.89. The molecule has 16 heavy (non-hydrogen) atoms. The van der Waals surface area contributed by atoms with Gasteiger partial charge in [-0.2, -0.15) is 0 Å². The highest BCUT2D eigenvalue weighted by atomic mass is 79.9. The summed E-state index contributed by atoms with van der Waals surface area (Å²) < 4.78 is 1.09. The second kappa shape index (κ2) is 5.92. The van der Waals surface area contributed by atoms with Crippen molar-refractivity contribution in [3.8, 4) is 0 Å². The van der Waals surface area contributed by atoms with E-state index in [0.717, 1.165) is 27.6 Å². The van der Waals surface area contributed by atoms with Crippen LogP contribution in [-0.2, 0) is 0 Å². The van der Waals surface area contributed by atoms with Crippen LogP contribution in [0.15, 0.2) is 22.7 Å². The molecular formula is C13H17BrClN. The van der Waals surface area contributed by atoms with Gasteiger partial charge >= 0.3 is 0 Å². The Morgan fingerprint density at radius 2 is 2.00 bits per heavy atom. The smallest absolute Gasteiger partial charge is 0.0499 e. The van der Waals surface area contributed by atoms with Crippen molar-refractivity contribution in [3.05, 3.63) is 27.7 Å². The van der Waals surface area contributed by atoms with E-state index in [0.29, 0.717) is 0 Å². The standard InChI is InChI=1S/C13H17BrClN/c14-12-7-6-11(15)8-13(12)16-9-10-4-2-1-3-5-10/h6-8,10,16H,1-5,9H2. The first kappa shape index (κ1) is 12.3. The highest BCUT2D eigenvalue weighted by molar-refractivity contribution is 9.10. The van der Waals surface area contributed by atoms with Crippen molar-refractivity contribution in [2.24, 2.45) is 5.92 Å². The van der Waals surface area contributed by atoms with E-state index in [1.165, 1.54) is 32.1 Å². The van der Waals surface area contributed by atoms with Gasteiger partial charge in [0, 0.05) is 21.7 Å². The van der Waals surface area contributed by atoms with Gasteiger partial charge in [-0.25, -0.2) is 0 Å². The van der Waals surface area contributed by atoms with Crippen LogP contribution in [0.2, 0.25) is 5.02 Å². The Hall–Kier alpha value is -0.210. The Morgan fingerprint density at radius 3 is 2.75 bits per heavy atom. The largest absolute Gasteiger partial charge is 0.384 e. The fourth-order valence-electron chi connectivity index (χ4n) is 2.28. The molecule has 0 radical (unpaired) electrons. The molecule has 3 heteroatoms. The number of nitrogens with one attached hydrogen (secondary N) is 1. The van der Waals surface area contributed by atoms with Gasteiger partial charge in [0.1, 0.15) is 0 Å². The van der Waals surface area contributed by atoms with E-state index in [1.54, 1.807) is 0 Å². The average molecular weight is 303 g/mol. The molecule has 0 amide bonds. The molecule has 1 nitrogen and oxygen atoms in total. The van der Waals surface area contributed by atoms with E-state index < -0.39 is 0 Å². The van der Waals surface area contributed by atoms with Crippen LogP contribution in [0.3, 0.4) is 0 Å². The second-order valence-corrected chi connectivity index (χ2v) is 5.80. The van der Waals surface area contributed by atoms with Gasteiger partial charge in [-0.3, -0.25) is 0 Å². The van der Waals surface area contributed by atoms with Crippen molar-refractivity contribution in [1.82, 2.24) is 0 Å². The van der Waals surface area contributed by atoms with Crippen LogP contribution >= 0.6 is 27.5 Å². The van der Waals surface area contributed by atoms with Crippen molar-refractivity contribution in [2.75, 3.05) is 11.9 Å². The summed E-state index contributed by atoms with van der Waals surface area (Å²) in [7, 11) is 0. The van der Waals surface area contributed by atoms with Crippen LogP contribution in [0, 0.1) is 5.92 Å². The summed E-state index contributed by atoms with van der Waals surface area (Å²) in [4.78, 5) is 0. The molecule has 0 atom stereocenters.